The van der Waals surface area contributed by atoms with E-state index in [1.54, 1.807) is 9.80 Å². The monoisotopic (exact) mass is 415 g/mol. The molecule has 30 heavy (non-hydrogen) atoms. The first-order chi connectivity index (χ1) is 14.3. The predicted molar refractivity (Wildman–Crippen MR) is 114 cm³/mol. The van der Waals surface area contributed by atoms with Crippen LogP contribution in [0.4, 0.5) is 0 Å². The number of carbonyl (C=O) groups excluding carboxylic acids is 3. The van der Waals surface area contributed by atoms with Gasteiger partial charge in [0.1, 0.15) is 5.75 Å². The number of piperidine rings is 1. The number of likely N-dealkylation sites (tertiary alicyclic amines) is 2. The minimum absolute atomic E-state index is 0.0243. The molecule has 2 fully saturated rings. The van der Waals surface area contributed by atoms with Crippen LogP contribution in [-0.4, -0.2) is 65.8 Å². The van der Waals surface area contributed by atoms with Gasteiger partial charge in [0.2, 0.25) is 11.8 Å². The quantitative estimate of drug-likeness (QED) is 0.771. The standard InChI is InChI=1S/C23H33N3O4/c1-15(2)26-13-18(12-21(26)27)23(29)24-19-8-10-25(11-9-19)22(28)14-30-20-7-5-6-16(3)17(20)4/h5-7,15,18-19H,8-14H2,1-4H3,(H,24,29). The molecule has 3 amide bonds. The van der Waals surface area contributed by atoms with Gasteiger partial charge in [0.15, 0.2) is 6.61 Å². The summed E-state index contributed by atoms with van der Waals surface area (Å²) in [6.45, 7) is 9.66. The number of hydrogen-bond acceptors (Lipinski definition) is 4. The summed E-state index contributed by atoms with van der Waals surface area (Å²) in [6, 6.07) is 5.99. The Hall–Kier alpha value is -2.57. The van der Waals surface area contributed by atoms with Crippen LogP contribution < -0.4 is 10.1 Å². The highest BCUT2D eigenvalue weighted by Crippen LogP contribution is 2.22. The van der Waals surface area contributed by atoms with Crippen molar-refractivity contribution in [3.8, 4) is 5.75 Å². The van der Waals surface area contributed by atoms with Crippen LogP contribution in [0.5, 0.6) is 5.75 Å². The van der Waals surface area contributed by atoms with Gasteiger partial charge in [-0.25, -0.2) is 0 Å². The Morgan fingerprint density at radius 3 is 2.53 bits per heavy atom. The van der Waals surface area contributed by atoms with E-state index in [1.807, 2.05) is 45.9 Å². The second kappa shape index (κ2) is 9.49. The Balaban J connectivity index is 1.42. The van der Waals surface area contributed by atoms with E-state index in [4.69, 9.17) is 4.74 Å². The predicted octanol–water partition coefficient (Wildman–Crippen LogP) is 2.05. The zero-order valence-electron chi connectivity index (χ0n) is 18.4. The summed E-state index contributed by atoms with van der Waals surface area (Å²) in [5.74, 6) is 0.441. The average Bonchev–Trinajstić information content (AvgIpc) is 3.11. The summed E-state index contributed by atoms with van der Waals surface area (Å²) in [5.41, 5.74) is 2.19. The fourth-order valence-corrected chi connectivity index (χ4v) is 4.11. The molecule has 1 aromatic carbocycles. The maximum Gasteiger partial charge on any atom is 0.260 e. The second-order valence-corrected chi connectivity index (χ2v) is 8.69. The van der Waals surface area contributed by atoms with Crippen LogP contribution >= 0.6 is 0 Å². The van der Waals surface area contributed by atoms with Crippen molar-refractivity contribution in [1.82, 2.24) is 15.1 Å². The molecule has 1 atom stereocenters. The first-order valence-corrected chi connectivity index (χ1v) is 10.8. The minimum Gasteiger partial charge on any atom is -0.483 e. The molecule has 0 radical (unpaired) electrons. The molecule has 0 saturated carbocycles. The Labute approximate surface area is 178 Å². The lowest BCUT2D eigenvalue weighted by atomic mass is 10.0. The molecule has 7 nitrogen and oxygen atoms in total. The van der Waals surface area contributed by atoms with Crippen LogP contribution in [0.3, 0.4) is 0 Å². The Morgan fingerprint density at radius 1 is 1.20 bits per heavy atom. The summed E-state index contributed by atoms with van der Waals surface area (Å²) >= 11 is 0. The molecule has 2 saturated heterocycles. The first-order valence-electron chi connectivity index (χ1n) is 10.8. The summed E-state index contributed by atoms with van der Waals surface area (Å²) in [7, 11) is 0. The number of carbonyl (C=O) groups is 3. The highest BCUT2D eigenvalue weighted by Gasteiger charge is 2.36. The summed E-state index contributed by atoms with van der Waals surface area (Å²) < 4.78 is 5.73. The molecule has 0 aromatic heterocycles. The molecular formula is C23H33N3O4. The van der Waals surface area contributed by atoms with Gasteiger partial charge >= 0.3 is 0 Å². The zero-order chi connectivity index (χ0) is 21.8. The lowest BCUT2D eigenvalue weighted by Crippen LogP contribution is -2.49. The van der Waals surface area contributed by atoms with E-state index in [2.05, 4.69) is 5.32 Å². The number of aryl methyl sites for hydroxylation is 1. The van der Waals surface area contributed by atoms with Crippen LogP contribution in [-0.2, 0) is 14.4 Å². The lowest BCUT2D eigenvalue weighted by molar-refractivity contribution is -0.134. The summed E-state index contributed by atoms with van der Waals surface area (Å²) in [4.78, 5) is 40.7. The van der Waals surface area contributed by atoms with Crippen molar-refractivity contribution in [1.29, 1.82) is 0 Å². The molecule has 1 aromatic rings. The highest BCUT2D eigenvalue weighted by atomic mass is 16.5. The van der Waals surface area contributed by atoms with Crippen LogP contribution in [0.1, 0.15) is 44.2 Å². The second-order valence-electron chi connectivity index (χ2n) is 8.69. The van der Waals surface area contributed by atoms with Gasteiger partial charge in [0, 0.05) is 38.1 Å². The Bertz CT molecular complexity index is 800. The smallest absolute Gasteiger partial charge is 0.260 e. The molecule has 2 aliphatic heterocycles. The average molecular weight is 416 g/mol. The maximum absolute atomic E-state index is 12.6. The van der Waals surface area contributed by atoms with E-state index < -0.39 is 0 Å². The van der Waals surface area contributed by atoms with E-state index >= 15 is 0 Å². The van der Waals surface area contributed by atoms with E-state index in [9.17, 15) is 14.4 Å². The number of amides is 3. The molecular weight excluding hydrogens is 382 g/mol. The van der Waals surface area contributed by atoms with Crippen molar-refractivity contribution in [3.63, 3.8) is 0 Å². The first kappa shape index (κ1) is 22.1. The molecule has 0 spiro atoms. The van der Waals surface area contributed by atoms with E-state index in [1.165, 1.54) is 0 Å². The van der Waals surface area contributed by atoms with Gasteiger partial charge in [-0.15, -0.1) is 0 Å². The molecule has 7 heteroatoms. The molecule has 164 valence electrons. The number of hydrogen-bond donors (Lipinski definition) is 1. The summed E-state index contributed by atoms with van der Waals surface area (Å²) in [5, 5.41) is 3.08. The third kappa shape index (κ3) is 5.12. The summed E-state index contributed by atoms with van der Waals surface area (Å²) in [6.07, 6.45) is 1.72. The molecule has 1 N–H and O–H groups in total. The van der Waals surface area contributed by atoms with Gasteiger partial charge in [0.05, 0.1) is 5.92 Å². The minimum atomic E-state index is -0.273. The van der Waals surface area contributed by atoms with Gasteiger partial charge in [-0.1, -0.05) is 12.1 Å². The van der Waals surface area contributed by atoms with Crippen molar-refractivity contribution in [2.75, 3.05) is 26.2 Å². The third-order valence-corrected chi connectivity index (χ3v) is 6.25. The number of nitrogens with zero attached hydrogens (tertiary/aromatic N) is 2. The van der Waals surface area contributed by atoms with Gasteiger partial charge in [0.25, 0.3) is 5.91 Å². The number of benzene rings is 1. The van der Waals surface area contributed by atoms with Gasteiger partial charge in [-0.3, -0.25) is 14.4 Å². The SMILES string of the molecule is Cc1cccc(OCC(=O)N2CCC(NC(=O)C3CC(=O)N(C(C)C)C3)CC2)c1C. The normalized spacial score (nSPS) is 20.0. The van der Waals surface area contributed by atoms with Crippen molar-refractivity contribution in [2.45, 2.75) is 59.0 Å². The third-order valence-electron chi connectivity index (χ3n) is 6.25. The molecule has 0 aliphatic carbocycles. The molecule has 1 unspecified atom stereocenters. The zero-order valence-corrected chi connectivity index (χ0v) is 18.4. The van der Waals surface area contributed by atoms with Crippen molar-refractivity contribution in [3.05, 3.63) is 29.3 Å². The largest absolute Gasteiger partial charge is 0.483 e. The molecule has 3 rings (SSSR count). The van der Waals surface area contributed by atoms with E-state index in [-0.39, 0.29) is 48.8 Å². The molecule has 2 heterocycles. The maximum atomic E-state index is 12.6. The molecule has 0 bridgehead atoms. The van der Waals surface area contributed by atoms with Crippen molar-refractivity contribution >= 4 is 17.7 Å². The van der Waals surface area contributed by atoms with E-state index in [0.717, 1.165) is 29.7 Å². The lowest BCUT2D eigenvalue weighted by Gasteiger charge is -2.33. The Kier molecular flexibility index (Phi) is 7.00. The number of rotatable bonds is 6. The molecule has 2 aliphatic rings. The van der Waals surface area contributed by atoms with Crippen LogP contribution in [0, 0.1) is 19.8 Å². The van der Waals surface area contributed by atoms with Gasteiger partial charge in [-0.05, 0) is 57.7 Å². The fraction of sp³-hybridized carbons (Fsp3) is 0.609. The Morgan fingerprint density at radius 2 is 1.90 bits per heavy atom. The van der Waals surface area contributed by atoms with Gasteiger partial charge in [-0.2, -0.15) is 0 Å². The van der Waals surface area contributed by atoms with Crippen LogP contribution in [0.15, 0.2) is 18.2 Å². The van der Waals surface area contributed by atoms with E-state index in [0.29, 0.717) is 19.6 Å². The van der Waals surface area contributed by atoms with Gasteiger partial charge < -0.3 is 19.9 Å². The topological polar surface area (TPSA) is 79.0 Å². The fourth-order valence-electron chi connectivity index (χ4n) is 4.11. The number of ether oxygens (including phenoxy) is 1. The number of nitrogens with one attached hydrogen (secondary N) is 1. The van der Waals surface area contributed by atoms with Crippen molar-refractivity contribution < 1.29 is 19.1 Å². The van der Waals surface area contributed by atoms with Crippen LogP contribution in [0.25, 0.3) is 0 Å². The highest BCUT2D eigenvalue weighted by molar-refractivity contribution is 5.89. The van der Waals surface area contributed by atoms with Crippen LogP contribution in [0.2, 0.25) is 0 Å². The van der Waals surface area contributed by atoms with Crippen molar-refractivity contribution in [2.24, 2.45) is 5.92 Å².